The zero-order valence-corrected chi connectivity index (χ0v) is 11.6. The van der Waals surface area contributed by atoms with E-state index >= 15 is 0 Å². The van der Waals surface area contributed by atoms with Gasteiger partial charge in [0.15, 0.2) is 0 Å². The van der Waals surface area contributed by atoms with Crippen molar-refractivity contribution in [2.24, 2.45) is 5.16 Å². The fraction of sp³-hybridized carbons (Fsp3) is 0.333. The van der Waals surface area contributed by atoms with E-state index in [4.69, 9.17) is 19.8 Å². The van der Waals surface area contributed by atoms with Crippen LogP contribution in [0.2, 0.25) is 0 Å². The Morgan fingerprint density at radius 3 is 2.76 bits per heavy atom. The Bertz CT molecular complexity index is 458. The zero-order valence-electron chi connectivity index (χ0n) is 11.6. The number of oxime groups is 1. The van der Waals surface area contributed by atoms with Gasteiger partial charge in [-0.15, -0.1) is 0 Å². The topological polar surface area (TPSA) is 88.4 Å². The highest BCUT2D eigenvalue weighted by Gasteiger charge is 2.08. The highest BCUT2D eigenvalue weighted by molar-refractivity contribution is 5.79. The Balaban J connectivity index is 2.37. The van der Waals surface area contributed by atoms with Crippen molar-refractivity contribution in [3.63, 3.8) is 0 Å². The first-order valence-electron chi connectivity index (χ1n) is 6.51. The molecule has 0 saturated heterocycles. The summed E-state index contributed by atoms with van der Waals surface area (Å²) in [5.74, 6) is -1.00. The van der Waals surface area contributed by atoms with Crippen LogP contribution in [0.5, 0.6) is 0 Å². The Morgan fingerprint density at radius 1 is 1.33 bits per heavy atom. The molecule has 6 nitrogen and oxygen atoms in total. The van der Waals surface area contributed by atoms with Crippen LogP contribution < -0.4 is 0 Å². The van der Waals surface area contributed by atoms with Gasteiger partial charge in [-0.1, -0.05) is 41.6 Å². The average molecular weight is 293 g/mol. The summed E-state index contributed by atoms with van der Waals surface area (Å²) in [5.41, 5.74) is 1.05. The highest BCUT2D eigenvalue weighted by atomic mass is 16.5. The first-order chi connectivity index (χ1) is 10.2. The lowest BCUT2D eigenvalue weighted by molar-refractivity contribution is -0.131. The lowest BCUT2D eigenvalue weighted by atomic mass is 10.2. The molecule has 1 aromatic rings. The summed E-state index contributed by atoms with van der Waals surface area (Å²) < 4.78 is 11.0. The van der Waals surface area contributed by atoms with Gasteiger partial charge in [-0.3, -0.25) is 0 Å². The largest absolute Gasteiger partial charge is 0.478 e. The molecule has 0 aliphatic rings. The van der Waals surface area contributed by atoms with Crippen LogP contribution in [-0.2, 0) is 20.9 Å². The number of aliphatic carboxylic acids is 1. The van der Waals surface area contributed by atoms with Gasteiger partial charge in [0.2, 0.25) is 0 Å². The fourth-order valence-corrected chi connectivity index (χ4v) is 1.60. The summed E-state index contributed by atoms with van der Waals surface area (Å²) in [5, 5.41) is 19.7. The van der Waals surface area contributed by atoms with Gasteiger partial charge in [0, 0.05) is 6.08 Å². The van der Waals surface area contributed by atoms with Crippen molar-refractivity contribution in [3.8, 4) is 0 Å². The molecule has 0 aliphatic heterocycles. The molecule has 0 spiro atoms. The molecule has 21 heavy (non-hydrogen) atoms. The number of benzene rings is 1. The minimum atomic E-state index is -1.00. The van der Waals surface area contributed by atoms with E-state index in [0.29, 0.717) is 19.6 Å². The Hall–Kier alpha value is -2.18. The monoisotopic (exact) mass is 293 g/mol. The van der Waals surface area contributed by atoms with Gasteiger partial charge in [0.05, 0.1) is 32.1 Å². The number of carbonyl (C=O) groups is 1. The van der Waals surface area contributed by atoms with Crippen LogP contribution in [0, 0.1) is 0 Å². The van der Waals surface area contributed by atoms with Crippen molar-refractivity contribution in [1.82, 2.24) is 0 Å². The summed E-state index contributed by atoms with van der Waals surface area (Å²) >= 11 is 0. The minimum absolute atomic E-state index is 0.136. The molecule has 1 rings (SSSR count). The van der Waals surface area contributed by atoms with E-state index in [2.05, 4.69) is 5.16 Å². The van der Waals surface area contributed by atoms with Crippen molar-refractivity contribution in [2.45, 2.75) is 19.1 Å². The third-order valence-corrected chi connectivity index (χ3v) is 2.56. The van der Waals surface area contributed by atoms with Gasteiger partial charge in [0.25, 0.3) is 0 Å². The van der Waals surface area contributed by atoms with Crippen LogP contribution >= 0.6 is 0 Å². The lowest BCUT2D eigenvalue weighted by Gasteiger charge is -2.15. The molecular weight excluding hydrogens is 274 g/mol. The van der Waals surface area contributed by atoms with E-state index in [1.54, 1.807) is 0 Å². The third kappa shape index (κ3) is 8.56. The minimum Gasteiger partial charge on any atom is -0.478 e. The number of nitrogens with zero attached hydrogens (tertiary/aromatic N) is 1. The maximum absolute atomic E-state index is 10.4. The Kier molecular flexibility index (Phi) is 8.51. The fourth-order valence-electron chi connectivity index (χ4n) is 1.60. The van der Waals surface area contributed by atoms with Gasteiger partial charge in [-0.25, -0.2) is 4.79 Å². The Labute approximate surface area is 123 Å². The van der Waals surface area contributed by atoms with Gasteiger partial charge < -0.3 is 19.8 Å². The molecule has 6 heteroatoms. The van der Waals surface area contributed by atoms with Crippen molar-refractivity contribution >= 4 is 12.2 Å². The summed E-state index contributed by atoms with van der Waals surface area (Å²) in [4.78, 5) is 10.4. The van der Waals surface area contributed by atoms with E-state index in [-0.39, 0.29) is 12.7 Å². The average Bonchev–Trinajstić information content (AvgIpc) is 2.48. The van der Waals surface area contributed by atoms with Gasteiger partial charge in [0.1, 0.15) is 0 Å². The van der Waals surface area contributed by atoms with E-state index in [0.717, 1.165) is 11.6 Å². The van der Waals surface area contributed by atoms with Crippen molar-refractivity contribution in [1.29, 1.82) is 0 Å². The van der Waals surface area contributed by atoms with E-state index in [1.807, 2.05) is 30.3 Å². The van der Waals surface area contributed by atoms with Crippen molar-refractivity contribution in [2.75, 3.05) is 13.2 Å². The first kappa shape index (κ1) is 16.9. The maximum Gasteiger partial charge on any atom is 0.327 e. The molecule has 0 unspecified atom stereocenters. The van der Waals surface area contributed by atoms with Crippen LogP contribution in [0.25, 0.3) is 0 Å². The second kappa shape index (κ2) is 10.6. The highest BCUT2D eigenvalue weighted by Crippen LogP contribution is 2.05. The molecule has 0 saturated carbocycles. The number of hydrogen-bond donors (Lipinski definition) is 2. The van der Waals surface area contributed by atoms with Crippen LogP contribution in [0.1, 0.15) is 12.0 Å². The predicted molar refractivity (Wildman–Crippen MR) is 77.5 cm³/mol. The molecule has 1 atom stereocenters. The normalized spacial score (nSPS) is 13.0. The van der Waals surface area contributed by atoms with E-state index < -0.39 is 5.97 Å². The smallest absolute Gasteiger partial charge is 0.327 e. The first-order valence-corrected chi connectivity index (χ1v) is 6.51. The predicted octanol–water partition coefficient (Wildman–Crippen LogP) is 2.08. The van der Waals surface area contributed by atoms with Crippen LogP contribution in [0.15, 0.2) is 47.6 Å². The SMILES string of the molecule is O=C(O)C=CC[C@H](COCc1ccccc1)OCC=NO. The number of carboxylic acid groups (broad SMARTS) is 1. The number of hydrogen-bond acceptors (Lipinski definition) is 5. The standard InChI is InChI=1S/C15H19NO5/c17-15(18)8-4-7-14(21-10-9-16-19)12-20-11-13-5-2-1-3-6-13/h1-6,8-9,14,19H,7,10-12H2,(H,17,18)/t14-/m1/s1. The van der Waals surface area contributed by atoms with Crippen LogP contribution in [0.3, 0.4) is 0 Å². The molecule has 0 aromatic heterocycles. The van der Waals surface area contributed by atoms with Crippen LogP contribution in [-0.4, -0.2) is 41.8 Å². The molecule has 0 aliphatic carbocycles. The molecule has 0 heterocycles. The van der Waals surface area contributed by atoms with E-state index in [9.17, 15) is 4.79 Å². The third-order valence-electron chi connectivity index (χ3n) is 2.56. The van der Waals surface area contributed by atoms with Crippen LogP contribution in [0.4, 0.5) is 0 Å². The molecular formula is C15H19NO5. The van der Waals surface area contributed by atoms with Gasteiger partial charge in [-0.05, 0) is 12.0 Å². The number of ether oxygens (including phenoxy) is 2. The maximum atomic E-state index is 10.4. The zero-order chi connectivity index (χ0) is 15.3. The van der Waals surface area contributed by atoms with Gasteiger partial charge in [-0.2, -0.15) is 0 Å². The lowest BCUT2D eigenvalue weighted by Crippen LogP contribution is -2.20. The molecule has 0 radical (unpaired) electrons. The summed E-state index contributed by atoms with van der Waals surface area (Å²) in [7, 11) is 0. The Morgan fingerprint density at radius 2 is 2.10 bits per heavy atom. The summed E-state index contributed by atoms with van der Waals surface area (Å²) in [6, 6.07) is 9.71. The van der Waals surface area contributed by atoms with E-state index in [1.165, 1.54) is 12.3 Å². The second-order valence-corrected chi connectivity index (χ2v) is 4.23. The number of rotatable bonds is 10. The summed E-state index contributed by atoms with van der Waals surface area (Å²) in [6.45, 7) is 0.909. The molecule has 1 aromatic carbocycles. The summed E-state index contributed by atoms with van der Waals surface area (Å²) in [6.07, 6.45) is 3.89. The second-order valence-electron chi connectivity index (χ2n) is 4.23. The molecule has 0 bridgehead atoms. The van der Waals surface area contributed by atoms with Gasteiger partial charge >= 0.3 is 5.97 Å². The quantitative estimate of drug-likeness (QED) is 0.298. The molecule has 0 fully saturated rings. The molecule has 114 valence electrons. The number of carboxylic acids is 1. The van der Waals surface area contributed by atoms with Crippen molar-refractivity contribution in [3.05, 3.63) is 48.0 Å². The molecule has 2 N–H and O–H groups in total. The van der Waals surface area contributed by atoms with Crippen molar-refractivity contribution < 1.29 is 24.6 Å². The molecule has 0 amide bonds.